The zero-order valence-electron chi connectivity index (χ0n) is 15.7. The quantitative estimate of drug-likeness (QED) is 0.358. The summed E-state index contributed by atoms with van der Waals surface area (Å²) in [4.78, 5) is 12.6. The second-order valence-electron chi connectivity index (χ2n) is 6.41. The van der Waals surface area contributed by atoms with Crippen LogP contribution in [0.2, 0.25) is 10.0 Å². The van der Waals surface area contributed by atoms with E-state index in [1.54, 1.807) is 18.3 Å². The van der Waals surface area contributed by atoms with E-state index in [1.807, 2.05) is 12.1 Å². The summed E-state index contributed by atoms with van der Waals surface area (Å²) >= 11 is 15.0. The average Bonchev–Trinajstić information content (AvgIpc) is 3.22. The standard InChI is InChI=1S/C18H14BrCl2F4N5O/c1-8(30-14(16(24)25)12(21)13(27-30)15(22)23)18(31)26-17-10(19)7-29(28-17)6-9-4-2-3-5-11(9)20/h2-5,7-8,15-16H,6H2,1H3,(H,26,28,31). The summed E-state index contributed by atoms with van der Waals surface area (Å²) in [6.45, 7) is 1.54. The highest BCUT2D eigenvalue weighted by Gasteiger charge is 2.32. The van der Waals surface area contributed by atoms with Gasteiger partial charge in [-0.05, 0) is 34.5 Å². The van der Waals surface area contributed by atoms with Crippen molar-refractivity contribution in [3.05, 3.63) is 61.9 Å². The number of rotatable bonds is 7. The summed E-state index contributed by atoms with van der Waals surface area (Å²) in [5.74, 6) is -0.694. The number of alkyl halides is 4. The first-order valence-corrected chi connectivity index (χ1v) is 10.3. The molecular weight excluding hydrogens is 529 g/mol. The van der Waals surface area contributed by atoms with Crippen LogP contribution in [0, 0.1) is 0 Å². The van der Waals surface area contributed by atoms with Gasteiger partial charge in [0.15, 0.2) is 5.82 Å². The zero-order valence-corrected chi connectivity index (χ0v) is 18.8. The third-order valence-corrected chi connectivity index (χ3v) is 5.66. The normalized spacial score (nSPS) is 12.6. The zero-order chi connectivity index (χ0) is 22.9. The summed E-state index contributed by atoms with van der Waals surface area (Å²) in [6.07, 6.45) is -4.78. The number of nitrogens with one attached hydrogen (secondary N) is 1. The first-order chi connectivity index (χ1) is 14.6. The molecular formula is C18H14BrCl2F4N5O. The van der Waals surface area contributed by atoms with E-state index in [0.29, 0.717) is 20.7 Å². The number of nitrogens with zero attached hydrogens (tertiary/aromatic N) is 4. The molecule has 0 spiro atoms. The first kappa shape index (κ1) is 23.6. The van der Waals surface area contributed by atoms with E-state index >= 15 is 0 Å². The average molecular weight is 543 g/mol. The van der Waals surface area contributed by atoms with Crippen LogP contribution in [0.1, 0.15) is 42.8 Å². The van der Waals surface area contributed by atoms with Crippen LogP contribution < -0.4 is 5.32 Å². The largest absolute Gasteiger partial charge is 0.306 e. The number of hydrogen-bond donors (Lipinski definition) is 1. The van der Waals surface area contributed by atoms with Crippen molar-refractivity contribution in [2.75, 3.05) is 5.32 Å². The van der Waals surface area contributed by atoms with Gasteiger partial charge < -0.3 is 5.32 Å². The number of anilines is 1. The summed E-state index contributed by atoms with van der Waals surface area (Å²) in [5, 5.41) is 9.79. The molecule has 2 heterocycles. The monoisotopic (exact) mass is 541 g/mol. The maximum Gasteiger partial charge on any atom is 0.283 e. The Morgan fingerprint density at radius 2 is 1.84 bits per heavy atom. The molecule has 0 aliphatic carbocycles. The van der Waals surface area contributed by atoms with Crippen LogP contribution in [0.4, 0.5) is 23.4 Å². The van der Waals surface area contributed by atoms with Crippen LogP contribution in [0.25, 0.3) is 0 Å². The van der Waals surface area contributed by atoms with Gasteiger partial charge in [-0.3, -0.25) is 9.48 Å². The van der Waals surface area contributed by atoms with E-state index in [9.17, 15) is 22.4 Å². The molecule has 1 aromatic carbocycles. The molecule has 0 fully saturated rings. The van der Waals surface area contributed by atoms with Crippen molar-refractivity contribution in [3.63, 3.8) is 0 Å². The van der Waals surface area contributed by atoms with Crippen molar-refractivity contribution in [1.29, 1.82) is 0 Å². The number of aromatic nitrogens is 4. The predicted molar refractivity (Wildman–Crippen MR) is 111 cm³/mol. The van der Waals surface area contributed by atoms with Crippen LogP contribution in [-0.2, 0) is 11.3 Å². The van der Waals surface area contributed by atoms with Gasteiger partial charge >= 0.3 is 0 Å². The maximum atomic E-state index is 13.4. The van der Waals surface area contributed by atoms with Crippen molar-refractivity contribution in [1.82, 2.24) is 19.6 Å². The van der Waals surface area contributed by atoms with Crippen molar-refractivity contribution >= 4 is 50.9 Å². The fourth-order valence-corrected chi connectivity index (χ4v) is 3.67. The van der Waals surface area contributed by atoms with Crippen LogP contribution in [0.3, 0.4) is 0 Å². The van der Waals surface area contributed by atoms with E-state index in [2.05, 4.69) is 31.4 Å². The molecule has 0 radical (unpaired) electrons. The summed E-state index contributed by atoms with van der Waals surface area (Å²) in [6, 6.07) is 5.77. The Bertz CT molecular complexity index is 1100. The summed E-state index contributed by atoms with van der Waals surface area (Å²) in [7, 11) is 0. The van der Waals surface area contributed by atoms with Crippen LogP contribution in [-0.4, -0.2) is 25.5 Å². The van der Waals surface area contributed by atoms with Crippen LogP contribution >= 0.6 is 39.1 Å². The van der Waals surface area contributed by atoms with E-state index in [-0.39, 0.29) is 5.82 Å². The highest BCUT2D eigenvalue weighted by atomic mass is 79.9. The van der Waals surface area contributed by atoms with Gasteiger partial charge in [0.25, 0.3) is 12.9 Å². The molecule has 166 valence electrons. The minimum atomic E-state index is -3.20. The lowest BCUT2D eigenvalue weighted by Gasteiger charge is -2.15. The van der Waals surface area contributed by atoms with E-state index in [1.165, 1.54) is 11.6 Å². The minimum absolute atomic E-state index is 0.106. The molecule has 1 unspecified atom stereocenters. The number of hydrogen-bond acceptors (Lipinski definition) is 3. The molecule has 3 aromatic rings. The molecule has 0 saturated heterocycles. The Kier molecular flexibility index (Phi) is 7.28. The molecule has 2 aromatic heterocycles. The summed E-state index contributed by atoms with van der Waals surface area (Å²) < 4.78 is 55.2. The van der Waals surface area contributed by atoms with Crippen molar-refractivity contribution < 1.29 is 22.4 Å². The van der Waals surface area contributed by atoms with Gasteiger partial charge in [-0.25, -0.2) is 22.2 Å². The SMILES string of the molecule is CC(C(=O)Nc1nn(Cc2ccccc2Cl)cc1Br)n1nc(C(F)F)c(Cl)c1C(F)F. The highest BCUT2D eigenvalue weighted by molar-refractivity contribution is 9.10. The number of halogens is 7. The molecule has 6 nitrogen and oxygen atoms in total. The molecule has 13 heteroatoms. The van der Waals surface area contributed by atoms with Gasteiger partial charge in [0, 0.05) is 11.2 Å². The molecule has 0 saturated carbocycles. The second kappa shape index (κ2) is 9.58. The van der Waals surface area contributed by atoms with Crippen molar-refractivity contribution in [3.8, 4) is 0 Å². The maximum absolute atomic E-state index is 13.4. The van der Waals surface area contributed by atoms with Gasteiger partial charge in [0.2, 0.25) is 5.91 Å². The van der Waals surface area contributed by atoms with Gasteiger partial charge in [-0.1, -0.05) is 41.4 Å². The fraction of sp³-hybridized carbons (Fsp3) is 0.278. The first-order valence-electron chi connectivity index (χ1n) is 8.71. The van der Waals surface area contributed by atoms with E-state index in [4.69, 9.17) is 23.2 Å². The molecule has 0 aliphatic heterocycles. The third kappa shape index (κ3) is 5.04. The Balaban J connectivity index is 1.82. The Hall–Kier alpha value is -2.11. The number of benzene rings is 1. The van der Waals surface area contributed by atoms with Gasteiger partial charge in [-0.2, -0.15) is 10.2 Å². The topological polar surface area (TPSA) is 64.7 Å². The Labute approximate surface area is 192 Å². The van der Waals surface area contributed by atoms with Gasteiger partial charge in [0.05, 0.1) is 16.0 Å². The lowest BCUT2D eigenvalue weighted by Crippen LogP contribution is -2.26. The molecule has 0 aliphatic rings. The molecule has 0 bridgehead atoms. The van der Waals surface area contributed by atoms with E-state index in [0.717, 1.165) is 5.56 Å². The lowest BCUT2D eigenvalue weighted by molar-refractivity contribution is -0.119. The molecule has 1 atom stereocenters. The Morgan fingerprint density at radius 3 is 2.45 bits per heavy atom. The third-order valence-electron chi connectivity index (χ3n) is 4.32. The van der Waals surface area contributed by atoms with Gasteiger partial charge in [-0.15, -0.1) is 0 Å². The number of amides is 1. The molecule has 1 N–H and O–H groups in total. The smallest absolute Gasteiger partial charge is 0.283 e. The van der Waals surface area contributed by atoms with E-state index < -0.39 is 41.2 Å². The molecule has 1 amide bonds. The number of carbonyl (C=O) groups excluding carboxylic acids is 1. The van der Waals surface area contributed by atoms with Crippen molar-refractivity contribution in [2.45, 2.75) is 32.4 Å². The molecule has 31 heavy (non-hydrogen) atoms. The second-order valence-corrected chi connectivity index (χ2v) is 8.05. The predicted octanol–water partition coefficient (Wildman–Crippen LogP) is 6.27. The fourth-order valence-electron chi connectivity index (χ4n) is 2.77. The Morgan fingerprint density at radius 1 is 1.16 bits per heavy atom. The molecule has 3 rings (SSSR count). The van der Waals surface area contributed by atoms with Crippen molar-refractivity contribution in [2.24, 2.45) is 0 Å². The lowest BCUT2D eigenvalue weighted by atomic mass is 10.2. The van der Waals surface area contributed by atoms with Crippen LogP contribution in [0.5, 0.6) is 0 Å². The highest BCUT2D eigenvalue weighted by Crippen LogP contribution is 2.36. The van der Waals surface area contributed by atoms with Crippen LogP contribution in [0.15, 0.2) is 34.9 Å². The summed E-state index contributed by atoms with van der Waals surface area (Å²) in [5.41, 5.74) is -1.18. The van der Waals surface area contributed by atoms with Gasteiger partial charge in [0.1, 0.15) is 17.4 Å². The minimum Gasteiger partial charge on any atom is -0.306 e. The number of carbonyl (C=O) groups is 1.